The Kier molecular flexibility index (Phi) is 4.93. The van der Waals surface area contributed by atoms with Gasteiger partial charge in [-0.05, 0) is 92.3 Å². The molecule has 0 heterocycles. The van der Waals surface area contributed by atoms with E-state index in [1.165, 1.54) is 19.3 Å². The van der Waals surface area contributed by atoms with Crippen molar-refractivity contribution in [3.05, 3.63) is 0 Å². The maximum absolute atomic E-state index is 12.8. The Morgan fingerprint density at radius 2 is 1.59 bits per heavy atom. The van der Waals surface area contributed by atoms with E-state index in [1.807, 2.05) is 0 Å². The van der Waals surface area contributed by atoms with Crippen LogP contribution in [-0.4, -0.2) is 28.1 Å². The van der Waals surface area contributed by atoms with Crippen LogP contribution in [0, 0.1) is 40.4 Å². The van der Waals surface area contributed by atoms with Crippen LogP contribution in [0.25, 0.3) is 0 Å². The average Bonchev–Trinajstić information content (AvgIpc) is 2.97. The Bertz CT molecular complexity index is 615. The van der Waals surface area contributed by atoms with E-state index in [-0.39, 0.29) is 36.1 Å². The number of aliphatic carboxylic acids is 1. The van der Waals surface area contributed by atoms with Gasteiger partial charge in [0.2, 0.25) is 0 Å². The predicted molar refractivity (Wildman–Crippen MR) is 103 cm³/mol. The molecule has 8 atom stereocenters. The van der Waals surface area contributed by atoms with Gasteiger partial charge >= 0.3 is 5.97 Å². The van der Waals surface area contributed by atoms with Gasteiger partial charge in [-0.1, -0.05) is 13.8 Å². The second-order valence-corrected chi connectivity index (χ2v) is 10.6. The Hall–Kier alpha value is -0.900. The summed E-state index contributed by atoms with van der Waals surface area (Å²) in [6.45, 7) is 4.83. The van der Waals surface area contributed by atoms with Crippen molar-refractivity contribution in [2.75, 3.05) is 0 Å². The molecule has 4 nitrogen and oxygen atoms in total. The van der Waals surface area contributed by atoms with E-state index >= 15 is 0 Å². The van der Waals surface area contributed by atoms with Crippen molar-refractivity contribution < 1.29 is 19.8 Å². The molecule has 4 aliphatic carbocycles. The molecule has 0 aromatic heterocycles. The van der Waals surface area contributed by atoms with Crippen molar-refractivity contribution in [1.82, 2.24) is 0 Å². The molecular formula is C23H36O4. The van der Waals surface area contributed by atoms with Gasteiger partial charge in [-0.2, -0.15) is 0 Å². The number of hydrogen-bond donors (Lipinski definition) is 2. The fraction of sp³-hybridized carbons (Fsp3) is 0.913. The van der Waals surface area contributed by atoms with Gasteiger partial charge in [-0.25, -0.2) is 0 Å². The number of hydrogen-bond acceptors (Lipinski definition) is 3. The van der Waals surface area contributed by atoms with Gasteiger partial charge in [0.15, 0.2) is 0 Å². The first-order valence-electron chi connectivity index (χ1n) is 11.2. The lowest BCUT2D eigenvalue weighted by Gasteiger charge is -2.60. The van der Waals surface area contributed by atoms with Gasteiger partial charge in [-0.3, -0.25) is 9.59 Å². The van der Waals surface area contributed by atoms with Gasteiger partial charge < -0.3 is 10.2 Å². The first-order chi connectivity index (χ1) is 12.8. The SMILES string of the molecule is CC12CCC(O)CC1CCC1C2CCC2(C)C(C(=O)CCC(=O)O)CCC12. The summed E-state index contributed by atoms with van der Waals surface area (Å²) in [5, 5.41) is 19.1. The van der Waals surface area contributed by atoms with Crippen LogP contribution in [0.1, 0.15) is 84.5 Å². The first-order valence-corrected chi connectivity index (χ1v) is 11.2. The van der Waals surface area contributed by atoms with Crippen molar-refractivity contribution in [1.29, 1.82) is 0 Å². The molecule has 4 aliphatic rings. The Morgan fingerprint density at radius 3 is 2.33 bits per heavy atom. The fourth-order valence-corrected chi connectivity index (χ4v) is 8.17. The molecule has 4 fully saturated rings. The second kappa shape index (κ2) is 6.86. The van der Waals surface area contributed by atoms with Crippen molar-refractivity contribution in [2.24, 2.45) is 40.4 Å². The van der Waals surface area contributed by atoms with Crippen LogP contribution in [-0.2, 0) is 9.59 Å². The minimum Gasteiger partial charge on any atom is -0.481 e. The number of fused-ring (bicyclic) bond motifs is 5. The van der Waals surface area contributed by atoms with Gasteiger partial charge in [0.05, 0.1) is 12.5 Å². The molecule has 0 spiro atoms. The zero-order valence-electron chi connectivity index (χ0n) is 17.0. The maximum Gasteiger partial charge on any atom is 0.303 e. The standard InChI is InChI=1S/C23H36O4/c1-22-11-9-15(24)13-14(22)3-4-16-17-5-6-19(20(25)7-8-21(26)27)23(17,2)12-10-18(16)22/h14-19,24H,3-13H2,1-2H3,(H,26,27). The molecule has 27 heavy (non-hydrogen) atoms. The van der Waals surface area contributed by atoms with Crippen LogP contribution in [0.15, 0.2) is 0 Å². The molecular weight excluding hydrogens is 340 g/mol. The minimum atomic E-state index is -0.863. The van der Waals surface area contributed by atoms with Gasteiger partial charge in [0.25, 0.3) is 0 Å². The quantitative estimate of drug-likeness (QED) is 0.761. The van der Waals surface area contributed by atoms with Crippen LogP contribution < -0.4 is 0 Å². The third-order valence-corrected chi connectivity index (χ3v) is 9.61. The summed E-state index contributed by atoms with van der Waals surface area (Å²) < 4.78 is 0. The van der Waals surface area contributed by atoms with E-state index in [1.54, 1.807) is 0 Å². The van der Waals surface area contributed by atoms with Crippen LogP contribution in [0.2, 0.25) is 0 Å². The maximum atomic E-state index is 12.8. The molecule has 2 N–H and O–H groups in total. The lowest BCUT2D eigenvalue weighted by atomic mass is 9.44. The molecule has 4 saturated carbocycles. The largest absolute Gasteiger partial charge is 0.481 e. The summed E-state index contributed by atoms with van der Waals surface area (Å²) in [5.41, 5.74) is 0.447. The smallest absolute Gasteiger partial charge is 0.303 e. The van der Waals surface area contributed by atoms with E-state index in [9.17, 15) is 14.7 Å². The number of ketones is 1. The molecule has 152 valence electrons. The minimum absolute atomic E-state index is 0.0236. The topological polar surface area (TPSA) is 74.6 Å². The number of carbonyl (C=O) groups is 2. The number of Topliss-reactive ketones (excluding diaryl/α,β-unsaturated/α-hetero) is 1. The number of carbonyl (C=O) groups excluding carboxylic acids is 1. The summed E-state index contributed by atoms with van der Waals surface area (Å²) >= 11 is 0. The highest BCUT2D eigenvalue weighted by molar-refractivity contribution is 5.85. The van der Waals surface area contributed by atoms with E-state index < -0.39 is 5.97 Å². The zero-order chi connectivity index (χ0) is 19.4. The highest BCUT2D eigenvalue weighted by atomic mass is 16.4. The normalized spacial score (nSPS) is 49.0. The van der Waals surface area contributed by atoms with Gasteiger partial charge in [0, 0.05) is 12.3 Å². The summed E-state index contributed by atoms with van der Waals surface area (Å²) in [6, 6.07) is 0. The summed E-state index contributed by atoms with van der Waals surface area (Å²) in [5.74, 6) is 2.16. The van der Waals surface area contributed by atoms with Gasteiger partial charge in [0.1, 0.15) is 5.78 Å². The molecule has 0 radical (unpaired) electrons. The monoisotopic (exact) mass is 376 g/mol. The van der Waals surface area contributed by atoms with Gasteiger partial charge in [-0.15, -0.1) is 0 Å². The molecule has 0 bridgehead atoms. The third kappa shape index (κ3) is 3.07. The molecule has 0 aromatic rings. The molecule has 8 unspecified atom stereocenters. The van der Waals surface area contributed by atoms with Crippen molar-refractivity contribution in [2.45, 2.75) is 90.6 Å². The number of rotatable bonds is 4. The van der Waals surface area contributed by atoms with Crippen LogP contribution in [0.3, 0.4) is 0 Å². The summed E-state index contributed by atoms with van der Waals surface area (Å²) in [7, 11) is 0. The average molecular weight is 377 g/mol. The number of carboxylic acids is 1. The Morgan fingerprint density at radius 1 is 0.889 bits per heavy atom. The summed E-state index contributed by atoms with van der Waals surface area (Å²) in [4.78, 5) is 23.7. The summed E-state index contributed by atoms with van der Waals surface area (Å²) in [6.07, 6.45) is 10.1. The molecule has 4 heteroatoms. The number of aliphatic hydroxyl groups is 1. The first kappa shape index (κ1) is 19.4. The highest BCUT2D eigenvalue weighted by Gasteiger charge is 2.60. The van der Waals surface area contributed by atoms with Crippen LogP contribution >= 0.6 is 0 Å². The fourth-order valence-electron chi connectivity index (χ4n) is 8.17. The molecule has 0 aromatic carbocycles. The number of aliphatic hydroxyl groups excluding tert-OH is 1. The number of carboxylic acid groups (broad SMARTS) is 1. The lowest BCUT2D eigenvalue weighted by molar-refractivity contribution is -0.143. The second-order valence-electron chi connectivity index (χ2n) is 10.6. The van der Waals surface area contributed by atoms with Crippen LogP contribution in [0.4, 0.5) is 0 Å². The third-order valence-electron chi connectivity index (χ3n) is 9.61. The molecule has 0 amide bonds. The van der Waals surface area contributed by atoms with Crippen molar-refractivity contribution in [3.63, 3.8) is 0 Å². The molecule has 0 aliphatic heterocycles. The Balaban J connectivity index is 1.52. The molecule has 0 saturated heterocycles. The molecule has 4 rings (SSSR count). The predicted octanol–water partition coefficient (Wildman–Crippen LogP) is 4.44. The van der Waals surface area contributed by atoms with Crippen molar-refractivity contribution in [3.8, 4) is 0 Å². The van der Waals surface area contributed by atoms with E-state index in [4.69, 9.17) is 5.11 Å². The van der Waals surface area contributed by atoms with E-state index in [2.05, 4.69) is 13.8 Å². The van der Waals surface area contributed by atoms with Crippen LogP contribution in [0.5, 0.6) is 0 Å². The Labute approximate surface area is 163 Å². The van der Waals surface area contributed by atoms with E-state index in [0.717, 1.165) is 50.4 Å². The highest BCUT2D eigenvalue weighted by Crippen LogP contribution is 2.67. The van der Waals surface area contributed by atoms with E-state index in [0.29, 0.717) is 17.3 Å². The van der Waals surface area contributed by atoms with Crippen molar-refractivity contribution >= 4 is 11.8 Å². The lowest BCUT2D eigenvalue weighted by Crippen LogP contribution is -2.54. The zero-order valence-corrected chi connectivity index (χ0v) is 17.0.